The van der Waals surface area contributed by atoms with Gasteiger partial charge in [-0.25, -0.2) is 0 Å². The van der Waals surface area contributed by atoms with Gasteiger partial charge in [0.15, 0.2) is 0 Å². The molecule has 108 valence electrons. The molecule has 1 fully saturated rings. The highest BCUT2D eigenvalue weighted by Crippen LogP contribution is 2.34. The molecule has 1 atom stereocenters. The summed E-state index contributed by atoms with van der Waals surface area (Å²) in [6.07, 6.45) is 1.85. The van der Waals surface area contributed by atoms with Gasteiger partial charge >= 0.3 is 0 Å². The number of ketones is 1. The first-order chi connectivity index (χ1) is 9.40. The number of rotatable bonds is 3. The van der Waals surface area contributed by atoms with Crippen molar-refractivity contribution in [1.29, 1.82) is 0 Å². The van der Waals surface area contributed by atoms with Gasteiger partial charge in [0.25, 0.3) is 5.69 Å². The van der Waals surface area contributed by atoms with E-state index in [0.717, 1.165) is 30.6 Å². The number of carbonyl (C=O) groups excluding carboxylic acids is 1. The first-order valence-electron chi connectivity index (χ1n) is 6.60. The van der Waals surface area contributed by atoms with Crippen molar-refractivity contribution in [2.75, 3.05) is 18.0 Å². The topological polar surface area (TPSA) is 63.5 Å². The monoisotopic (exact) mass is 296 g/mol. The molecule has 0 bridgehead atoms. The Morgan fingerprint density at radius 3 is 2.80 bits per heavy atom. The number of anilines is 1. The quantitative estimate of drug-likeness (QED) is 0.634. The van der Waals surface area contributed by atoms with Crippen molar-refractivity contribution in [2.24, 2.45) is 5.92 Å². The minimum absolute atomic E-state index is 0.0390. The average Bonchev–Trinajstić information content (AvgIpc) is 2.40. The van der Waals surface area contributed by atoms with Crippen molar-refractivity contribution >= 4 is 28.8 Å². The van der Waals surface area contributed by atoms with E-state index in [9.17, 15) is 14.9 Å². The molecule has 0 aliphatic carbocycles. The zero-order valence-electron chi connectivity index (χ0n) is 11.6. The molecule has 1 unspecified atom stereocenters. The summed E-state index contributed by atoms with van der Waals surface area (Å²) in [6.45, 7) is 4.95. The fourth-order valence-corrected chi connectivity index (χ4v) is 2.89. The lowest BCUT2D eigenvalue weighted by molar-refractivity contribution is -0.384. The molecule has 20 heavy (non-hydrogen) atoms. The Balaban J connectivity index is 2.31. The maximum atomic E-state index is 11.5. The van der Waals surface area contributed by atoms with Gasteiger partial charge in [0.2, 0.25) is 0 Å². The third-order valence-electron chi connectivity index (χ3n) is 3.80. The summed E-state index contributed by atoms with van der Waals surface area (Å²) in [6, 6.07) is 3.13. The summed E-state index contributed by atoms with van der Waals surface area (Å²) < 4.78 is 0. The van der Waals surface area contributed by atoms with E-state index >= 15 is 0 Å². The third-order valence-corrected chi connectivity index (χ3v) is 4.10. The van der Waals surface area contributed by atoms with Crippen LogP contribution in [0.1, 0.15) is 25.3 Å². The number of nitrogens with zero attached hydrogens (tertiary/aromatic N) is 2. The number of Topliss-reactive ketones (excluding diaryl/α,β-unsaturated/α-hetero) is 1. The first-order valence-corrected chi connectivity index (χ1v) is 6.98. The van der Waals surface area contributed by atoms with Crippen molar-refractivity contribution < 1.29 is 9.72 Å². The molecule has 1 heterocycles. The van der Waals surface area contributed by atoms with Crippen molar-refractivity contribution in [3.63, 3.8) is 0 Å². The lowest BCUT2D eigenvalue weighted by Crippen LogP contribution is -2.38. The van der Waals surface area contributed by atoms with E-state index in [1.165, 1.54) is 6.07 Å². The van der Waals surface area contributed by atoms with Gasteiger partial charge < -0.3 is 4.90 Å². The van der Waals surface area contributed by atoms with E-state index in [0.29, 0.717) is 6.54 Å². The number of carbonyl (C=O) groups is 1. The van der Waals surface area contributed by atoms with Crippen LogP contribution in [-0.2, 0) is 4.79 Å². The SMILES string of the molecule is CC(=O)C1CCCN(c2cc(Cl)c([N+](=O)[O-])cc2C)C1. The fourth-order valence-electron chi connectivity index (χ4n) is 2.66. The molecule has 1 aromatic rings. The van der Waals surface area contributed by atoms with Crippen LogP contribution < -0.4 is 4.90 Å². The van der Waals surface area contributed by atoms with Gasteiger partial charge in [-0.2, -0.15) is 0 Å². The molecule has 1 aliphatic heterocycles. The number of nitro benzene ring substituents is 1. The lowest BCUT2D eigenvalue weighted by Gasteiger charge is -2.34. The second kappa shape index (κ2) is 5.79. The number of aryl methyl sites for hydroxylation is 1. The van der Waals surface area contributed by atoms with Gasteiger partial charge in [-0.05, 0) is 38.3 Å². The zero-order valence-corrected chi connectivity index (χ0v) is 12.3. The Hall–Kier alpha value is -1.62. The van der Waals surface area contributed by atoms with Gasteiger partial charge in [0.05, 0.1) is 4.92 Å². The van der Waals surface area contributed by atoms with Crippen LogP contribution in [-0.4, -0.2) is 23.8 Å². The van der Waals surface area contributed by atoms with E-state index in [2.05, 4.69) is 4.90 Å². The van der Waals surface area contributed by atoms with Crippen molar-refractivity contribution in [3.05, 3.63) is 32.8 Å². The molecular weight excluding hydrogens is 280 g/mol. The minimum Gasteiger partial charge on any atom is -0.371 e. The highest BCUT2D eigenvalue weighted by atomic mass is 35.5. The predicted molar refractivity (Wildman–Crippen MR) is 78.5 cm³/mol. The maximum absolute atomic E-state index is 11.5. The maximum Gasteiger partial charge on any atom is 0.288 e. The largest absolute Gasteiger partial charge is 0.371 e. The van der Waals surface area contributed by atoms with Gasteiger partial charge in [0.1, 0.15) is 10.8 Å². The van der Waals surface area contributed by atoms with Gasteiger partial charge in [-0.15, -0.1) is 0 Å². The number of hydrogen-bond donors (Lipinski definition) is 0. The summed E-state index contributed by atoms with van der Waals surface area (Å²) in [5, 5.41) is 11.0. The number of benzene rings is 1. The summed E-state index contributed by atoms with van der Waals surface area (Å²) in [5.74, 6) is 0.234. The van der Waals surface area contributed by atoms with Crippen molar-refractivity contribution in [1.82, 2.24) is 0 Å². The molecule has 0 amide bonds. The fraction of sp³-hybridized carbons (Fsp3) is 0.500. The highest BCUT2D eigenvalue weighted by Gasteiger charge is 2.25. The Kier molecular flexibility index (Phi) is 4.28. The van der Waals surface area contributed by atoms with Crippen LogP contribution in [0.15, 0.2) is 12.1 Å². The molecular formula is C14H17ClN2O3. The molecule has 2 rings (SSSR count). The van der Waals surface area contributed by atoms with Gasteiger partial charge in [-0.1, -0.05) is 11.6 Å². The van der Waals surface area contributed by atoms with Crippen molar-refractivity contribution in [2.45, 2.75) is 26.7 Å². The smallest absolute Gasteiger partial charge is 0.288 e. The van der Waals surface area contributed by atoms with E-state index in [-0.39, 0.29) is 22.4 Å². The van der Waals surface area contributed by atoms with E-state index < -0.39 is 4.92 Å². The summed E-state index contributed by atoms with van der Waals surface area (Å²) >= 11 is 5.98. The Bertz CT molecular complexity index is 560. The van der Waals surface area contributed by atoms with Crippen LogP contribution in [0.25, 0.3) is 0 Å². The van der Waals surface area contributed by atoms with Crippen LogP contribution in [0.2, 0.25) is 5.02 Å². The highest BCUT2D eigenvalue weighted by molar-refractivity contribution is 6.33. The third kappa shape index (κ3) is 2.93. The Morgan fingerprint density at radius 1 is 1.50 bits per heavy atom. The van der Waals surface area contributed by atoms with E-state index in [1.54, 1.807) is 13.0 Å². The predicted octanol–water partition coefficient (Wildman–Crippen LogP) is 3.36. The second-order valence-corrected chi connectivity index (χ2v) is 5.65. The van der Waals surface area contributed by atoms with Crippen LogP contribution in [0.3, 0.4) is 0 Å². The molecule has 1 saturated heterocycles. The summed E-state index contributed by atoms with van der Waals surface area (Å²) in [4.78, 5) is 24.0. The minimum atomic E-state index is -0.478. The number of hydrogen-bond acceptors (Lipinski definition) is 4. The van der Waals surface area contributed by atoms with Crippen LogP contribution in [0, 0.1) is 23.0 Å². The zero-order chi connectivity index (χ0) is 14.9. The molecule has 0 N–H and O–H groups in total. The molecule has 1 aliphatic rings. The molecule has 1 aromatic carbocycles. The number of nitro groups is 1. The number of piperidine rings is 1. The first kappa shape index (κ1) is 14.8. The number of halogens is 1. The lowest BCUT2D eigenvalue weighted by atomic mass is 9.94. The van der Waals surface area contributed by atoms with E-state index in [4.69, 9.17) is 11.6 Å². The Morgan fingerprint density at radius 2 is 2.20 bits per heavy atom. The van der Waals surface area contributed by atoms with Crippen LogP contribution >= 0.6 is 11.6 Å². The van der Waals surface area contributed by atoms with E-state index in [1.807, 2.05) is 6.92 Å². The summed E-state index contributed by atoms with van der Waals surface area (Å²) in [7, 11) is 0. The van der Waals surface area contributed by atoms with Gasteiger partial charge in [0, 0.05) is 30.8 Å². The second-order valence-electron chi connectivity index (χ2n) is 5.24. The molecule has 0 aromatic heterocycles. The average molecular weight is 297 g/mol. The van der Waals surface area contributed by atoms with Crippen LogP contribution in [0.5, 0.6) is 0 Å². The molecule has 0 spiro atoms. The van der Waals surface area contributed by atoms with Crippen molar-refractivity contribution in [3.8, 4) is 0 Å². The molecule has 5 nitrogen and oxygen atoms in total. The Labute approximate surface area is 122 Å². The standard InChI is InChI=1S/C14H17ClN2O3/c1-9-6-14(17(19)20)12(15)7-13(9)16-5-3-4-11(8-16)10(2)18/h6-7,11H,3-5,8H2,1-2H3. The van der Waals surface area contributed by atoms with Gasteiger partial charge in [-0.3, -0.25) is 14.9 Å². The molecule has 0 radical (unpaired) electrons. The molecule has 6 heteroatoms. The normalized spacial score (nSPS) is 18.9. The summed E-state index contributed by atoms with van der Waals surface area (Å²) in [5.41, 5.74) is 1.62. The van der Waals surface area contributed by atoms with Crippen LogP contribution in [0.4, 0.5) is 11.4 Å². The molecule has 0 saturated carbocycles.